The molecule has 3 rings (SSSR count). The van der Waals surface area contributed by atoms with E-state index in [2.05, 4.69) is 24.3 Å². The van der Waals surface area contributed by atoms with E-state index >= 15 is 0 Å². The molecule has 2 aliphatic heterocycles. The summed E-state index contributed by atoms with van der Waals surface area (Å²) in [5.41, 5.74) is 1.44. The third-order valence-electron chi connectivity index (χ3n) is 3.02. The molecule has 2 nitrogen and oxygen atoms in total. The lowest BCUT2D eigenvalue weighted by atomic mass is 9.95. The molecule has 74 valence electrons. The normalized spacial score (nSPS) is 31.2. The van der Waals surface area contributed by atoms with Crippen molar-refractivity contribution >= 4 is 11.8 Å². The topological polar surface area (TPSA) is 12.5 Å². The number of nitrogens with zero attached hydrogens (tertiary/aromatic N) is 1. The van der Waals surface area contributed by atoms with Crippen LogP contribution in [-0.4, -0.2) is 24.5 Å². The summed E-state index contributed by atoms with van der Waals surface area (Å²) in [7, 11) is 2.04. The third-order valence-corrected chi connectivity index (χ3v) is 4.30. The van der Waals surface area contributed by atoms with Crippen LogP contribution in [0, 0.1) is 5.92 Å². The van der Waals surface area contributed by atoms with Crippen LogP contribution in [0.4, 0.5) is 0 Å². The smallest absolute Gasteiger partial charge is 0.0740 e. The largest absolute Gasteiger partial charge is 0.298 e. The Hall–Kier alpha value is -0.510. The van der Waals surface area contributed by atoms with Crippen LogP contribution in [0.3, 0.4) is 0 Å². The van der Waals surface area contributed by atoms with Gasteiger partial charge in [0.2, 0.25) is 0 Å². The van der Waals surface area contributed by atoms with E-state index in [-0.39, 0.29) is 0 Å². The highest BCUT2D eigenvalue weighted by atomic mass is 32.2. The molecular formula is C11H13NOS. The standard InChI is InChI=1S/C11H13NOS/c1-12-11-8(6-13-12)7-14-10-5-3-2-4-9(10)11/h2-5,8,11H,6-7H2,1H3/t8-,11+/m1/s1. The maximum atomic E-state index is 5.58. The van der Waals surface area contributed by atoms with Gasteiger partial charge in [0.1, 0.15) is 0 Å². The molecule has 2 atom stereocenters. The molecule has 0 unspecified atom stereocenters. The van der Waals surface area contributed by atoms with Gasteiger partial charge in [-0.15, -0.1) is 11.8 Å². The van der Waals surface area contributed by atoms with Gasteiger partial charge < -0.3 is 0 Å². The second-order valence-electron chi connectivity index (χ2n) is 3.90. The summed E-state index contributed by atoms with van der Waals surface area (Å²) >= 11 is 1.96. The fourth-order valence-corrected chi connectivity index (χ4v) is 3.53. The zero-order chi connectivity index (χ0) is 9.54. The highest BCUT2D eigenvalue weighted by molar-refractivity contribution is 7.99. The van der Waals surface area contributed by atoms with Crippen LogP contribution >= 0.6 is 11.8 Å². The minimum Gasteiger partial charge on any atom is -0.298 e. The summed E-state index contributed by atoms with van der Waals surface area (Å²) in [6, 6.07) is 9.15. The SMILES string of the molecule is CN1OC[C@@H]2CSc3ccccc3[C@H]21. The van der Waals surface area contributed by atoms with Gasteiger partial charge in [-0.1, -0.05) is 18.2 Å². The molecule has 0 amide bonds. The Kier molecular flexibility index (Phi) is 2.04. The lowest BCUT2D eigenvalue weighted by Gasteiger charge is -2.28. The second kappa shape index (κ2) is 3.26. The van der Waals surface area contributed by atoms with Crippen LogP contribution in [0.5, 0.6) is 0 Å². The number of benzene rings is 1. The summed E-state index contributed by atoms with van der Waals surface area (Å²) in [4.78, 5) is 7.00. The van der Waals surface area contributed by atoms with Gasteiger partial charge in [-0.3, -0.25) is 4.84 Å². The number of hydroxylamine groups is 2. The summed E-state index contributed by atoms with van der Waals surface area (Å²) in [6.07, 6.45) is 0. The van der Waals surface area contributed by atoms with Crippen molar-refractivity contribution < 1.29 is 4.84 Å². The molecule has 3 heteroatoms. The van der Waals surface area contributed by atoms with E-state index in [9.17, 15) is 0 Å². The molecule has 0 N–H and O–H groups in total. The molecule has 0 aromatic heterocycles. The first-order chi connectivity index (χ1) is 6.86. The number of fused-ring (bicyclic) bond motifs is 3. The predicted octanol–water partition coefficient (Wildman–Crippen LogP) is 2.33. The van der Waals surface area contributed by atoms with E-state index < -0.39 is 0 Å². The first-order valence-corrected chi connectivity index (χ1v) is 5.92. The van der Waals surface area contributed by atoms with Crippen molar-refractivity contribution in [1.82, 2.24) is 5.06 Å². The predicted molar refractivity (Wildman–Crippen MR) is 57.1 cm³/mol. The highest BCUT2D eigenvalue weighted by Gasteiger charge is 2.38. The van der Waals surface area contributed by atoms with Crippen LogP contribution < -0.4 is 0 Å². The molecule has 0 radical (unpaired) electrons. The zero-order valence-electron chi connectivity index (χ0n) is 8.14. The van der Waals surface area contributed by atoms with Gasteiger partial charge in [-0.2, -0.15) is 5.06 Å². The lowest BCUT2D eigenvalue weighted by Crippen LogP contribution is -2.24. The van der Waals surface area contributed by atoms with Crippen LogP contribution in [-0.2, 0) is 4.84 Å². The minimum atomic E-state index is 0.479. The molecule has 0 aliphatic carbocycles. The van der Waals surface area contributed by atoms with Crippen molar-refractivity contribution in [2.45, 2.75) is 10.9 Å². The van der Waals surface area contributed by atoms with Crippen molar-refractivity contribution in [3.63, 3.8) is 0 Å². The molecule has 0 bridgehead atoms. The van der Waals surface area contributed by atoms with E-state index in [0.717, 1.165) is 6.61 Å². The Morgan fingerprint density at radius 1 is 1.43 bits per heavy atom. The van der Waals surface area contributed by atoms with E-state index in [1.54, 1.807) is 0 Å². The average molecular weight is 207 g/mol. The average Bonchev–Trinajstić information content (AvgIpc) is 2.61. The summed E-state index contributed by atoms with van der Waals surface area (Å²) in [5.74, 6) is 1.85. The van der Waals surface area contributed by atoms with Crippen molar-refractivity contribution in [3.05, 3.63) is 29.8 Å². The minimum absolute atomic E-state index is 0.479. The molecule has 1 fully saturated rings. The number of rotatable bonds is 0. The van der Waals surface area contributed by atoms with Crippen molar-refractivity contribution in [2.75, 3.05) is 19.4 Å². The molecule has 14 heavy (non-hydrogen) atoms. The molecule has 2 aliphatic rings. The summed E-state index contributed by atoms with van der Waals surface area (Å²) < 4.78 is 0. The number of hydrogen-bond donors (Lipinski definition) is 0. The van der Waals surface area contributed by atoms with Gasteiger partial charge in [0.05, 0.1) is 12.6 Å². The molecule has 2 heterocycles. The molecule has 1 aromatic carbocycles. The van der Waals surface area contributed by atoms with E-state index in [4.69, 9.17) is 4.84 Å². The Bertz CT molecular complexity index is 355. The maximum absolute atomic E-state index is 5.58. The molecular weight excluding hydrogens is 194 g/mol. The fourth-order valence-electron chi connectivity index (χ4n) is 2.32. The maximum Gasteiger partial charge on any atom is 0.0740 e. The Balaban J connectivity index is 2.07. The number of thioether (sulfide) groups is 1. The van der Waals surface area contributed by atoms with Crippen LogP contribution in [0.25, 0.3) is 0 Å². The molecule has 0 spiro atoms. The molecule has 1 aromatic rings. The van der Waals surface area contributed by atoms with Gasteiger partial charge in [-0.05, 0) is 11.6 Å². The zero-order valence-corrected chi connectivity index (χ0v) is 8.96. The van der Waals surface area contributed by atoms with Gasteiger partial charge in [0.25, 0.3) is 0 Å². The Morgan fingerprint density at radius 3 is 3.21 bits per heavy atom. The van der Waals surface area contributed by atoms with Gasteiger partial charge >= 0.3 is 0 Å². The fraction of sp³-hybridized carbons (Fsp3) is 0.455. The van der Waals surface area contributed by atoms with Crippen LogP contribution in [0.1, 0.15) is 11.6 Å². The van der Waals surface area contributed by atoms with Gasteiger partial charge in [0.15, 0.2) is 0 Å². The third kappa shape index (κ3) is 1.20. The van der Waals surface area contributed by atoms with Crippen molar-refractivity contribution in [1.29, 1.82) is 0 Å². The Morgan fingerprint density at radius 2 is 2.29 bits per heavy atom. The highest BCUT2D eigenvalue weighted by Crippen LogP contribution is 2.45. The van der Waals surface area contributed by atoms with E-state index in [0.29, 0.717) is 12.0 Å². The van der Waals surface area contributed by atoms with Crippen LogP contribution in [0.2, 0.25) is 0 Å². The second-order valence-corrected chi connectivity index (χ2v) is 4.96. The van der Waals surface area contributed by atoms with Crippen LogP contribution in [0.15, 0.2) is 29.2 Å². The molecule has 1 saturated heterocycles. The molecule has 0 saturated carbocycles. The van der Waals surface area contributed by atoms with Crippen molar-refractivity contribution in [2.24, 2.45) is 5.92 Å². The van der Waals surface area contributed by atoms with E-state index in [1.807, 2.05) is 23.9 Å². The quantitative estimate of drug-likeness (QED) is 0.648. The summed E-state index contributed by atoms with van der Waals surface area (Å²) in [5, 5.41) is 2.02. The summed E-state index contributed by atoms with van der Waals surface area (Å²) in [6.45, 7) is 0.877. The Labute approximate surface area is 88.2 Å². The van der Waals surface area contributed by atoms with Gasteiger partial charge in [-0.25, -0.2) is 0 Å². The first kappa shape index (κ1) is 8.77. The first-order valence-electron chi connectivity index (χ1n) is 4.94. The van der Waals surface area contributed by atoms with E-state index in [1.165, 1.54) is 16.2 Å². The number of hydrogen-bond acceptors (Lipinski definition) is 3. The van der Waals surface area contributed by atoms with Gasteiger partial charge in [0, 0.05) is 23.6 Å². The monoisotopic (exact) mass is 207 g/mol. The lowest BCUT2D eigenvalue weighted by molar-refractivity contribution is -0.111. The van der Waals surface area contributed by atoms with Crippen molar-refractivity contribution in [3.8, 4) is 0 Å².